The molecule has 1 aliphatic heterocycles. The number of likely N-dealkylation sites (tertiary alicyclic amines) is 1. The number of anilines is 2. The van der Waals surface area contributed by atoms with Crippen LogP contribution >= 0.6 is 0 Å². The van der Waals surface area contributed by atoms with Gasteiger partial charge in [-0.1, -0.05) is 6.92 Å². The smallest absolute Gasteiger partial charge is 0.242 e. The molecule has 2 atom stereocenters. The molecule has 118 valence electrons. The van der Waals surface area contributed by atoms with Crippen LogP contribution in [0.3, 0.4) is 0 Å². The predicted molar refractivity (Wildman–Crippen MR) is 85.8 cm³/mol. The Labute approximate surface area is 126 Å². The standard InChI is InChI=1S/C14H24N4O2S/c1-10-9-18(3)7-6-13(10)17-11-4-5-14(12(15)8-11)21(19,20)16-2/h4-5,8,10,13,16-17H,6-7,9,15H2,1-3H3. The molecule has 0 aliphatic carbocycles. The van der Waals surface area contributed by atoms with Crippen LogP contribution in [0.5, 0.6) is 0 Å². The Kier molecular flexibility index (Phi) is 4.75. The van der Waals surface area contributed by atoms with Crippen molar-refractivity contribution in [1.82, 2.24) is 9.62 Å². The number of nitrogens with one attached hydrogen (secondary N) is 2. The minimum Gasteiger partial charge on any atom is -0.398 e. The summed E-state index contributed by atoms with van der Waals surface area (Å²) in [6.45, 7) is 4.33. The number of hydrogen-bond acceptors (Lipinski definition) is 5. The molecular formula is C14H24N4O2S. The van der Waals surface area contributed by atoms with Crippen molar-refractivity contribution >= 4 is 21.4 Å². The zero-order chi connectivity index (χ0) is 15.6. The van der Waals surface area contributed by atoms with E-state index in [1.165, 1.54) is 7.05 Å². The molecule has 21 heavy (non-hydrogen) atoms. The molecule has 0 amide bonds. The summed E-state index contributed by atoms with van der Waals surface area (Å²) in [5.41, 5.74) is 7.00. The second-order valence-corrected chi connectivity index (χ2v) is 7.59. The van der Waals surface area contributed by atoms with Crippen LogP contribution in [0.1, 0.15) is 13.3 Å². The topological polar surface area (TPSA) is 87.5 Å². The van der Waals surface area contributed by atoms with E-state index in [0.29, 0.717) is 12.0 Å². The van der Waals surface area contributed by atoms with Gasteiger partial charge in [0.15, 0.2) is 0 Å². The van der Waals surface area contributed by atoms with Gasteiger partial charge in [0.2, 0.25) is 10.0 Å². The van der Waals surface area contributed by atoms with Crippen molar-refractivity contribution in [2.45, 2.75) is 24.3 Å². The van der Waals surface area contributed by atoms with Crippen molar-refractivity contribution in [3.8, 4) is 0 Å². The second kappa shape index (κ2) is 6.21. The van der Waals surface area contributed by atoms with Crippen LogP contribution in [-0.4, -0.2) is 46.5 Å². The first-order valence-corrected chi connectivity index (χ1v) is 8.60. The number of benzene rings is 1. The van der Waals surface area contributed by atoms with E-state index in [2.05, 4.69) is 28.9 Å². The Morgan fingerprint density at radius 3 is 2.67 bits per heavy atom. The summed E-state index contributed by atoms with van der Waals surface area (Å²) in [5.74, 6) is 0.533. The molecule has 1 aromatic rings. The highest BCUT2D eigenvalue weighted by atomic mass is 32.2. The van der Waals surface area contributed by atoms with Crippen LogP contribution in [0.2, 0.25) is 0 Å². The monoisotopic (exact) mass is 312 g/mol. The van der Waals surface area contributed by atoms with Crippen molar-refractivity contribution in [3.63, 3.8) is 0 Å². The average Bonchev–Trinajstić information content (AvgIpc) is 2.42. The van der Waals surface area contributed by atoms with Gasteiger partial charge in [-0.15, -0.1) is 0 Å². The average molecular weight is 312 g/mol. The van der Waals surface area contributed by atoms with Gasteiger partial charge in [0.25, 0.3) is 0 Å². The van der Waals surface area contributed by atoms with Crippen molar-refractivity contribution in [3.05, 3.63) is 18.2 Å². The third-order valence-electron chi connectivity index (χ3n) is 4.03. The van der Waals surface area contributed by atoms with Gasteiger partial charge in [0.1, 0.15) is 4.90 Å². The van der Waals surface area contributed by atoms with E-state index in [4.69, 9.17) is 5.73 Å². The number of sulfonamides is 1. The predicted octanol–water partition coefficient (Wildman–Crippen LogP) is 0.929. The molecule has 2 unspecified atom stereocenters. The van der Waals surface area contributed by atoms with Crippen molar-refractivity contribution < 1.29 is 8.42 Å². The molecule has 0 aromatic heterocycles. The molecule has 1 aromatic carbocycles. The highest BCUT2D eigenvalue weighted by Gasteiger charge is 2.24. The first-order valence-electron chi connectivity index (χ1n) is 7.11. The third kappa shape index (κ3) is 3.66. The molecule has 0 radical (unpaired) electrons. The Bertz CT molecular complexity index is 603. The highest BCUT2D eigenvalue weighted by molar-refractivity contribution is 7.89. The summed E-state index contributed by atoms with van der Waals surface area (Å²) in [6.07, 6.45) is 1.06. The van der Waals surface area contributed by atoms with Gasteiger partial charge in [0.05, 0.1) is 5.69 Å². The zero-order valence-corrected chi connectivity index (χ0v) is 13.6. The largest absolute Gasteiger partial charge is 0.398 e. The molecule has 7 heteroatoms. The van der Waals surface area contributed by atoms with Gasteiger partial charge in [-0.25, -0.2) is 13.1 Å². The minimum atomic E-state index is -3.51. The maximum absolute atomic E-state index is 11.8. The van der Waals surface area contributed by atoms with E-state index in [1.54, 1.807) is 18.2 Å². The van der Waals surface area contributed by atoms with Gasteiger partial charge in [-0.2, -0.15) is 0 Å². The summed E-state index contributed by atoms with van der Waals surface area (Å²) in [5, 5.41) is 3.47. The van der Waals surface area contributed by atoms with Gasteiger partial charge in [-0.05, 0) is 51.2 Å². The molecular weight excluding hydrogens is 288 g/mol. The van der Waals surface area contributed by atoms with Crippen molar-refractivity contribution in [2.24, 2.45) is 5.92 Å². The number of nitrogens with zero attached hydrogens (tertiary/aromatic N) is 1. The fourth-order valence-electron chi connectivity index (χ4n) is 2.78. The van der Waals surface area contributed by atoms with Crippen molar-refractivity contribution in [1.29, 1.82) is 0 Å². The summed E-state index contributed by atoms with van der Waals surface area (Å²) < 4.78 is 25.9. The van der Waals surface area contributed by atoms with Crippen molar-refractivity contribution in [2.75, 3.05) is 38.2 Å². The zero-order valence-electron chi connectivity index (χ0n) is 12.8. The third-order valence-corrected chi connectivity index (χ3v) is 5.52. The number of piperidine rings is 1. The lowest BCUT2D eigenvalue weighted by Crippen LogP contribution is -2.43. The van der Waals surface area contributed by atoms with Crippen LogP contribution in [0.4, 0.5) is 11.4 Å². The van der Waals surface area contributed by atoms with E-state index >= 15 is 0 Å². The maximum Gasteiger partial charge on any atom is 0.242 e. The number of hydrogen-bond donors (Lipinski definition) is 3. The molecule has 1 heterocycles. The van der Waals surface area contributed by atoms with E-state index in [0.717, 1.165) is 25.2 Å². The normalized spacial score (nSPS) is 24.0. The van der Waals surface area contributed by atoms with Gasteiger partial charge in [0, 0.05) is 18.3 Å². The Morgan fingerprint density at radius 2 is 2.10 bits per heavy atom. The lowest BCUT2D eigenvalue weighted by atomic mass is 9.94. The van der Waals surface area contributed by atoms with Crippen LogP contribution in [0.15, 0.2) is 23.1 Å². The number of nitrogens with two attached hydrogens (primary N) is 1. The number of nitrogen functional groups attached to an aromatic ring is 1. The van der Waals surface area contributed by atoms with E-state index in [1.807, 2.05) is 0 Å². The molecule has 2 rings (SSSR count). The van der Waals surface area contributed by atoms with E-state index in [9.17, 15) is 8.42 Å². The summed E-state index contributed by atoms with van der Waals surface area (Å²) in [4.78, 5) is 2.44. The Hall–Kier alpha value is -1.31. The van der Waals surface area contributed by atoms with Gasteiger partial charge in [-0.3, -0.25) is 0 Å². The fourth-order valence-corrected chi connectivity index (χ4v) is 3.61. The first-order chi connectivity index (χ1) is 9.83. The van der Waals surface area contributed by atoms with Crippen LogP contribution in [-0.2, 0) is 10.0 Å². The molecule has 0 bridgehead atoms. The molecule has 1 fully saturated rings. The Morgan fingerprint density at radius 1 is 1.38 bits per heavy atom. The number of rotatable bonds is 4. The SMILES string of the molecule is CNS(=O)(=O)c1ccc(NC2CCN(C)CC2C)cc1N. The lowest BCUT2D eigenvalue weighted by Gasteiger charge is -2.35. The van der Waals surface area contributed by atoms with Crippen LogP contribution in [0, 0.1) is 5.92 Å². The quantitative estimate of drug-likeness (QED) is 0.720. The van der Waals surface area contributed by atoms with Gasteiger partial charge < -0.3 is 16.0 Å². The molecule has 0 spiro atoms. The Balaban J connectivity index is 2.14. The summed E-state index contributed by atoms with van der Waals surface area (Å²) >= 11 is 0. The van der Waals surface area contributed by atoms with E-state index in [-0.39, 0.29) is 10.6 Å². The fraction of sp³-hybridized carbons (Fsp3) is 0.571. The van der Waals surface area contributed by atoms with E-state index < -0.39 is 10.0 Å². The first kappa shape index (κ1) is 16.1. The highest BCUT2D eigenvalue weighted by Crippen LogP contribution is 2.25. The maximum atomic E-state index is 11.8. The molecule has 1 saturated heterocycles. The van der Waals surface area contributed by atoms with Gasteiger partial charge >= 0.3 is 0 Å². The molecule has 4 N–H and O–H groups in total. The lowest BCUT2D eigenvalue weighted by molar-refractivity contribution is 0.206. The van der Waals surface area contributed by atoms with Crippen LogP contribution in [0.25, 0.3) is 0 Å². The summed E-state index contributed by atoms with van der Waals surface area (Å²) in [7, 11) is -0.00298. The van der Waals surface area contributed by atoms with Crippen LogP contribution < -0.4 is 15.8 Å². The molecule has 1 aliphatic rings. The second-order valence-electron chi connectivity index (χ2n) is 5.74. The summed E-state index contributed by atoms with van der Waals surface area (Å²) in [6, 6.07) is 5.39. The minimum absolute atomic E-state index is 0.118. The molecule has 6 nitrogen and oxygen atoms in total. The molecule has 0 saturated carbocycles.